The molecule has 0 bridgehead atoms. The van der Waals surface area contributed by atoms with E-state index in [-0.39, 0.29) is 4.90 Å². The van der Waals surface area contributed by atoms with Crippen LogP contribution in [0.1, 0.15) is 20.3 Å². The molecule has 2 N–H and O–H groups in total. The van der Waals surface area contributed by atoms with E-state index in [1.165, 1.54) is 6.26 Å². The van der Waals surface area contributed by atoms with Crippen molar-refractivity contribution in [1.29, 1.82) is 0 Å². The van der Waals surface area contributed by atoms with Crippen molar-refractivity contribution in [3.05, 3.63) is 18.2 Å². The second-order valence-corrected chi connectivity index (χ2v) is 7.05. The third-order valence-electron chi connectivity index (χ3n) is 2.90. The number of nitrogens with two attached hydrogens (primary N) is 1. The molecule has 0 aromatic heterocycles. The third kappa shape index (κ3) is 3.63. The molecule has 18 heavy (non-hydrogen) atoms. The maximum Gasteiger partial charge on any atom is 0.177 e. The Morgan fingerprint density at radius 3 is 2.44 bits per heavy atom. The maximum absolute atomic E-state index is 11.6. The number of sulfone groups is 1. The van der Waals surface area contributed by atoms with Crippen LogP contribution in [-0.4, -0.2) is 28.3 Å². The Hall–Kier alpha value is -1.23. The summed E-state index contributed by atoms with van der Waals surface area (Å²) in [5.41, 5.74) is 7.07. The van der Waals surface area contributed by atoms with Gasteiger partial charge in [-0.3, -0.25) is 0 Å². The van der Waals surface area contributed by atoms with Crippen molar-refractivity contribution in [2.24, 2.45) is 5.92 Å². The largest absolute Gasteiger partial charge is 0.396 e. The highest BCUT2D eigenvalue weighted by atomic mass is 32.2. The van der Waals surface area contributed by atoms with E-state index >= 15 is 0 Å². The van der Waals surface area contributed by atoms with Gasteiger partial charge < -0.3 is 10.6 Å². The minimum atomic E-state index is -3.27. The SMILES string of the molecule is CC(C)CCN(C)c1cccc(S(C)(=O)=O)c1N. The predicted octanol–water partition coefficient (Wildman–Crippen LogP) is 2.15. The molecule has 1 aromatic carbocycles. The molecule has 0 atom stereocenters. The van der Waals surface area contributed by atoms with Gasteiger partial charge in [-0.2, -0.15) is 0 Å². The Labute approximate surface area is 110 Å². The van der Waals surface area contributed by atoms with Gasteiger partial charge in [0.2, 0.25) is 0 Å². The Balaban J connectivity index is 3.04. The smallest absolute Gasteiger partial charge is 0.177 e. The topological polar surface area (TPSA) is 63.4 Å². The molecule has 0 unspecified atom stereocenters. The number of nitrogen functional groups attached to an aromatic ring is 1. The molecular weight excluding hydrogens is 248 g/mol. The molecule has 5 heteroatoms. The first-order chi connectivity index (χ1) is 8.23. The van der Waals surface area contributed by atoms with E-state index in [1.54, 1.807) is 12.1 Å². The zero-order chi connectivity index (χ0) is 13.9. The van der Waals surface area contributed by atoms with Gasteiger partial charge in [0.25, 0.3) is 0 Å². The molecule has 0 heterocycles. The molecular formula is C13H22N2O2S. The summed E-state index contributed by atoms with van der Waals surface area (Å²) in [5, 5.41) is 0. The molecule has 0 aliphatic rings. The second kappa shape index (κ2) is 5.61. The summed E-state index contributed by atoms with van der Waals surface area (Å²) in [5.74, 6) is 0.603. The Bertz CT molecular complexity index is 510. The second-order valence-electron chi connectivity index (χ2n) is 5.07. The van der Waals surface area contributed by atoms with Crippen molar-refractivity contribution in [2.75, 3.05) is 30.5 Å². The van der Waals surface area contributed by atoms with Gasteiger partial charge in [-0.05, 0) is 24.5 Å². The molecule has 0 amide bonds. The number of nitrogens with zero attached hydrogens (tertiary/aromatic N) is 1. The normalized spacial score (nSPS) is 11.8. The van der Waals surface area contributed by atoms with Crippen LogP contribution in [0.3, 0.4) is 0 Å². The van der Waals surface area contributed by atoms with Crippen LogP contribution in [-0.2, 0) is 9.84 Å². The lowest BCUT2D eigenvalue weighted by atomic mass is 10.1. The van der Waals surface area contributed by atoms with Gasteiger partial charge in [0, 0.05) is 19.8 Å². The number of hydrogen-bond donors (Lipinski definition) is 1. The van der Waals surface area contributed by atoms with Gasteiger partial charge in [-0.15, -0.1) is 0 Å². The molecule has 102 valence electrons. The van der Waals surface area contributed by atoms with E-state index in [0.29, 0.717) is 11.6 Å². The fourth-order valence-electron chi connectivity index (χ4n) is 1.76. The first-order valence-electron chi connectivity index (χ1n) is 6.03. The molecule has 4 nitrogen and oxygen atoms in total. The standard InChI is InChI=1S/C13H22N2O2S/c1-10(2)8-9-15(3)11-6-5-7-12(13(11)14)18(4,16)17/h5-7,10H,8-9,14H2,1-4H3. The van der Waals surface area contributed by atoms with E-state index < -0.39 is 9.84 Å². The van der Waals surface area contributed by atoms with Crippen LogP contribution in [0.2, 0.25) is 0 Å². The number of hydrogen-bond acceptors (Lipinski definition) is 4. The molecule has 0 saturated heterocycles. The minimum absolute atomic E-state index is 0.205. The van der Waals surface area contributed by atoms with Crippen LogP contribution in [0.15, 0.2) is 23.1 Å². The minimum Gasteiger partial charge on any atom is -0.396 e. The maximum atomic E-state index is 11.6. The molecule has 0 aliphatic carbocycles. The van der Waals surface area contributed by atoms with Gasteiger partial charge in [-0.25, -0.2) is 8.42 Å². The van der Waals surface area contributed by atoms with Gasteiger partial charge in [-0.1, -0.05) is 19.9 Å². The Kier molecular flexibility index (Phi) is 4.62. The average Bonchev–Trinajstić information content (AvgIpc) is 2.24. The van der Waals surface area contributed by atoms with Crippen LogP contribution < -0.4 is 10.6 Å². The van der Waals surface area contributed by atoms with Crippen molar-refractivity contribution in [3.63, 3.8) is 0 Å². The molecule has 1 rings (SSSR count). The number of benzene rings is 1. The lowest BCUT2D eigenvalue weighted by molar-refractivity contribution is 0.585. The highest BCUT2D eigenvalue weighted by molar-refractivity contribution is 7.90. The third-order valence-corrected chi connectivity index (χ3v) is 4.05. The van der Waals surface area contributed by atoms with Gasteiger partial charge in [0.1, 0.15) is 0 Å². The molecule has 0 saturated carbocycles. The van der Waals surface area contributed by atoms with Crippen molar-refractivity contribution in [2.45, 2.75) is 25.2 Å². The van der Waals surface area contributed by atoms with Crippen LogP contribution >= 0.6 is 0 Å². The highest BCUT2D eigenvalue weighted by Gasteiger charge is 2.16. The Morgan fingerprint density at radius 1 is 1.33 bits per heavy atom. The first kappa shape index (κ1) is 14.8. The summed E-state index contributed by atoms with van der Waals surface area (Å²) in [7, 11) is -1.34. The van der Waals surface area contributed by atoms with E-state index in [1.807, 2.05) is 18.0 Å². The summed E-state index contributed by atoms with van der Waals surface area (Å²) < 4.78 is 23.2. The quantitative estimate of drug-likeness (QED) is 0.833. The predicted molar refractivity (Wildman–Crippen MR) is 76.7 cm³/mol. The number of anilines is 2. The van der Waals surface area contributed by atoms with Crippen molar-refractivity contribution < 1.29 is 8.42 Å². The highest BCUT2D eigenvalue weighted by Crippen LogP contribution is 2.29. The van der Waals surface area contributed by atoms with E-state index in [2.05, 4.69) is 13.8 Å². The lowest BCUT2D eigenvalue weighted by Crippen LogP contribution is -2.21. The molecule has 0 spiro atoms. The molecule has 0 radical (unpaired) electrons. The van der Waals surface area contributed by atoms with Gasteiger partial charge >= 0.3 is 0 Å². The van der Waals surface area contributed by atoms with Crippen LogP contribution in [0.5, 0.6) is 0 Å². The summed E-state index contributed by atoms with van der Waals surface area (Å²) in [6.07, 6.45) is 2.22. The zero-order valence-electron chi connectivity index (χ0n) is 11.5. The molecule has 1 aromatic rings. The summed E-state index contributed by atoms with van der Waals surface area (Å²) in [6, 6.07) is 5.13. The van der Waals surface area contributed by atoms with Gasteiger partial charge in [0.15, 0.2) is 9.84 Å². The number of para-hydroxylation sites is 1. The summed E-state index contributed by atoms with van der Waals surface area (Å²) in [6.45, 7) is 5.17. The Morgan fingerprint density at radius 2 is 1.94 bits per heavy atom. The van der Waals surface area contributed by atoms with E-state index in [4.69, 9.17) is 5.73 Å². The molecule has 0 aliphatic heterocycles. The average molecular weight is 270 g/mol. The fraction of sp³-hybridized carbons (Fsp3) is 0.538. The van der Waals surface area contributed by atoms with E-state index in [0.717, 1.165) is 18.7 Å². The first-order valence-corrected chi connectivity index (χ1v) is 7.92. The zero-order valence-corrected chi connectivity index (χ0v) is 12.3. The monoisotopic (exact) mass is 270 g/mol. The van der Waals surface area contributed by atoms with Crippen LogP contribution in [0.4, 0.5) is 11.4 Å². The summed E-state index contributed by atoms with van der Waals surface area (Å²) in [4.78, 5) is 2.21. The molecule has 0 fully saturated rings. The van der Waals surface area contributed by atoms with Gasteiger partial charge in [0.05, 0.1) is 16.3 Å². The lowest BCUT2D eigenvalue weighted by Gasteiger charge is -2.23. The van der Waals surface area contributed by atoms with Crippen molar-refractivity contribution in [3.8, 4) is 0 Å². The van der Waals surface area contributed by atoms with Crippen molar-refractivity contribution in [1.82, 2.24) is 0 Å². The van der Waals surface area contributed by atoms with E-state index in [9.17, 15) is 8.42 Å². The number of rotatable bonds is 5. The van der Waals surface area contributed by atoms with Crippen molar-refractivity contribution >= 4 is 21.2 Å². The summed E-state index contributed by atoms with van der Waals surface area (Å²) >= 11 is 0. The fourth-order valence-corrected chi connectivity index (χ4v) is 2.59. The van der Waals surface area contributed by atoms with Crippen LogP contribution in [0, 0.1) is 5.92 Å². The van der Waals surface area contributed by atoms with Crippen LogP contribution in [0.25, 0.3) is 0 Å².